The minimum atomic E-state index is -2.59. The summed E-state index contributed by atoms with van der Waals surface area (Å²) < 4.78 is 46.2. The van der Waals surface area contributed by atoms with Crippen molar-refractivity contribution in [3.63, 3.8) is 0 Å². The molecule has 28 heavy (non-hydrogen) atoms. The van der Waals surface area contributed by atoms with E-state index in [0.29, 0.717) is 28.9 Å². The summed E-state index contributed by atoms with van der Waals surface area (Å²) in [5.41, 5.74) is 1.16. The minimum absolute atomic E-state index is 0.139. The molecule has 1 aromatic carbocycles. The summed E-state index contributed by atoms with van der Waals surface area (Å²) in [6.07, 6.45) is 1.09. The first-order valence-electron chi connectivity index (χ1n) is 8.42. The summed E-state index contributed by atoms with van der Waals surface area (Å²) in [6, 6.07) is 4.35. The van der Waals surface area contributed by atoms with Gasteiger partial charge in [-0.15, -0.1) is 0 Å². The van der Waals surface area contributed by atoms with Gasteiger partial charge in [-0.1, -0.05) is 0 Å². The molecule has 3 rings (SSSR count). The van der Waals surface area contributed by atoms with Crippen LogP contribution in [0, 0.1) is 5.82 Å². The molecule has 0 radical (unpaired) electrons. The summed E-state index contributed by atoms with van der Waals surface area (Å²) >= 11 is 0. The van der Waals surface area contributed by atoms with Crippen molar-refractivity contribution >= 4 is 17.8 Å². The van der Waals surface area contributed by atoms with Crippen molar-refractivity contribution in [3.05, 3.63) is 53.6 Å². The van der Waals surface area contributed by atoms with Gasteiger partial charge in [0.15, 0.2) is 11.9 Å². The molecule has 1 atom stereocenters. The lowest BCUT2D eigenvalue weighted by atomic mass is 10.2. The summed E-state index contributed by atoms with van der Waals surface area (Å²) in [4.78, 5) is 15.3. The normalized spacial score (nSPS) is 12.3. The van der Waals surface area contributed by atoms with Crippen LogP contribution in [0.5, 0.6) is 5.75 Å². The molecule has 0 amide bonds. The third-order valence-electron chi connectivity index (χ3n) is 4.10. The van der Waals surface area contributed by atoms with Gasteiger partial charge in [-0.2, -0.15) is 5.10 Å². The number of carbonyl (C=O) groups excluding carboxylic acids is 1. The molecule has 0 spiro atoms. The lowest BCUT2D eigenvalue weighted by molar-refractivity contribution is 0.0751. The Kier molecular flexibility index (Phi) is 6.09. The Hall–Kier alpha value is -3.14. The average molecular weight is 393 g/mol. The topological polar surface area (TPSA) is 80.5 Å². The minimum Gasteiger partial charge on any atom is -0.491 e. The number of alkyl halides is 2. The van der Waals surface area contributed by atoms with Crippen molar-refractivity contribution in [2.75, 3.05) is 19.0 Å². The first kappa shape index (κ1) is 19.6. The Labute approximate surface area is 158 Å². The fourth-order valence-electron chi connectivity index (χ4n) is 2.54. The third-order valence-corrected chi connectivity index (χ3v) is 4.10. The maximum Gasteiger partial charge on any atom is 0.257 e. The van der Waals surface area contributed by atoms with Crippen LogP contribution in [0.25, 0.3) is 5.65 Å². The number of nitrogens with zero attached hydrogens (tertiary/aromatic N) is 3. The predicted octanol–water partition coefficient (Wildman–Crippen LogP) is 2.52. The quantitative estimate of drug-likeness (QED) is 0.544. The van der Waals surface area contributed by atoms with Crippen LogP contribution in [0.1, 0.15) is 15.9 Å². The van der Waals surface area contributed by atoms with Gasteiger partial charge in [0, 0.05) is 18.3 Å². The van der Waals surface area contributed by atoms with Crippen LogP contribution in [0.4, 0.5) is 19.0 Å². The van der Waals surface area contributed by atoms with Crippen LogP contribution in [0.15, 0.2) is 36.7 Å². The number of hydrogen-bond acceptors (Lipinski definition) is 6. The van der Waals surface area contributed by atoms with E-state index in [4.69, 9.17) is 4.74 Å². The van der Waals surface area contributed by atoms with Crippen molar-refractivity contribution < 1.29 is 22.7 Å². The molecule has 0 fully saturated rings. The number of likely N-dealkylation sites (N-methyl/N-ethyl adjacent to an activating group) is 1. The molecule has 10 heteroatoms. The van der Waals surface area contributed by atoms with Crippen LogP contribution in [-0.2, 0) is 6.54 Å². The summed E-state index contributed by atoms with van der Waals surface area (Å²) in [5.74, 6) is 0.242. The second-order valence-electron chi connectivity index (χ2n) is 5.94. The zero-order chi connectivity index (χ0) is 20.1. The van der Waals surface area contributed by atoms with E-state index in [1.165, 1.54) is 36.0 Å². The number of halogens is 3. The molecule has 0 bridgehead atoms. The van der Waals surface area contributed by atoms with Crippen LogP contribution in [0.3, 0.4) is 0 Å². The van der Waals surface area contributed by atoms with Crippen LogP contribution in [-0.4, -0.2) is 47.0 Å². The Morgan fingerprint density at radius 2 is 2.14 bits per heavy atom. The number of carbonyl (C=O) groups is 1. The molecule has 2 heterocycles. The van der Waals surface area contributed by atoms with Crippen molar-refractivity contribution in [2.24, 2.45) is 0 Å². The van der Waals surface area contributed by atoms with Gasteiger partial charge < -0.3 is 15.4 Å². The Bertz CT molecular complexity index is 964. The molecule has 0 aliphatic heterocycles. The van der Waals surface area contributed by atoms with Gasteiger partial charge in [-0.3, -0.25) is 4.79 Å². The molecule has 0 saturated heterocycles. The van der Waals surface area contributed by atoms with Gasteiger partial charge >= 0.3 is 0 Å². The molecule has 2 N–H and O–H groups in total. The maximum absolute atomic E-state index is 13.6. The molecule has 0 aliphatic carbocycles. The van der Waals surface area contributed by atoms with Gasteiger partial charge in [-0.05, 0) is 31.3 Å². The average Bonchev–Trinajstić information content (AvgIpc) is 3.10. The Morgan fingerprint density at radius 1 is 1.32 bits per heavy atom. The number of rotatable bonds is 9. The van der Waals surface area contributed by atoms with E-state index < -0.39 is 18.3 Å². The fraction of sp³-hybridized carbons (Fsp3) is 0.278. The van der Waals surface area contributed by atoms with Gasteiger partial charge in [0.05, 0.1) is 11.8 Å². The summed E-state index contributed by atoms with van der Waals surface area (Å²) in [5, 5.41) is 9.48. The monoisotopic (exact) mass is 393 g/mol. The highest BCUT2D eigenvalue weighted by Gasteiger charge is 2.19. The van der Waals surface area contributed by atoms with Gasteiger partial charge in [0.1, 0.15) is 30.0 Å². The lowest BCUT2D eigenvalue weighted by Gasteiger charge is -2.18. The van der Waals surface area contributed by atoms with Crippen molar-refractivity contribution in [2.45, 2.75) is 19.0 Å². The molecule has 1 unspecified atom stereocenters. The molecule has 0 saturated carbocycles. The fourth-order valence-corrected chi connectivity index (χ4v) is 2.54. The van der Waals surface area contributed by atoms with E-state index in [9.17, 15) is 18.0 Å². The number of aromatic nitrogens is 3. The highest BCUT2D eigenvalue weighted by molar-refractivity contribution is 5.83. The summed E-state index contributed by atoms with van der Waals surface area (Å²) in [6.45, 7) is -0.130. The van der Waals surface area contributed by atoms with E-state index in [-0.39, 0.29) is 18.9 Å². The second kappa shape index (κ2) is 8.70. The standard InChI is InChI=1S/C18H18F3N5O2/c1-22-14(17(20)21)10-28-15-3-2-13(19)6-11(15)7-23-16-4-5-26-18(25-16)12(9-27)8-24-26/h2-6,8-9,14,17,22H,7,10H2,1H3,(H,23,25). The smallest absolute Gasteiger partial charge is 0.257 e. The number of fused-ring (bicyclic) bond motifs is 1. The Balaban J connectivity index is 1.74. The van der Waals surface area contributed by atoms with Crippen LogP contribution in [0.2, 0.25) is 0 Å². The van der Waals surface area contributed by atoms with Gasteiger partial charge in [0.2, 0.25) is 0 Å². The first-order valence-corrected chi connectivity index (χ1v) is 8.42. The zero-order valence-corrected chi connectivity index (χ0v) is 14.9. The van der Waals surface area contributed by atoms with E-state index in [1.54, 1.807) is 12.3 Å². The molecule has 0 aliphatic rings. The molecular formula is C18H18F3N5O2. The molecule has 3 aromatic rings. The van der Waals surface area contributed by atoms with Gasteiger partial charge in [0.25, 0.3) is 6.43 Å². The van der Waals surface area contributed by atoms with Gasteiger partial charge in [-0.25, -0.2) is 22.7 Å². The van der Waals surface area contributed by atoms with E-state index in [0.717, 1.165) is 0 Å². The first-order chi connectivity index (χ1) is 13.5. The maximum atomic E-state index is 13.6. The largest absolute Gasteiger partial charge is 0.491 e. The summed E-state index contributed by atoms with van der Waals surface area (Å²) in [7, 11) is 1.42. The molecule has 148 valence electrons. The molecular weight excluding hydrogens is 375 g/mol. The van der Waals surface area contributed by atoms with E-state index >= 15 is 0 Å². The van der Waals surface area contributed by atoms with Crippen LogP contribution >= 0.6 is 0 Å². The number of hydrogen-bond donors (Lipinski definition) is 2. The predicted molar refractivity (Wildman–Crippen MR) is 96.4 cm³/mol. The Morgan fingerprint density at radius 3 is 2.86 bits per heavy atom. The third kappa shape index (κ3) is 4.39. The number of ether oxygens (including phenoxy) is 1. The molecule has 7 nitrogen and oxygen atoms in total. The highest BCUT2D eigenvalue weighted by Crippen LogP contribution is 2.22. The number of benzene rings is 1. The van der Waals surface area contributed by atoms with Crippen molar-refractivity contribution in [3.8, 4) is 5.75 Å². The van der Waals surface area contributed by atoms with E-state index in [2.05, 4.69) is 20.7 Å². The van der Waals surface area contributed by atoms with E-state index in [1.807, 2.05) is 0 Å². The van der Waals surface area contributed by atoms with Crippen molar-refractivity contribution in [1.29, 1.82) is 0 Å². The number of nitrogens with one attached hydrogen (secondary N) is 2. The molecule has 2 aromatic heterocycles. The second-order valence-corrected chi connectivity index (χ2v) is 5.94. The highest BCUT2D eigenvalue weighted by atomic mass is 19.3. The van der Waals surface area contributed by atoms with Crippen molar-refractivity contribution in [1.82, 2.24) is 19.9 Å². The number of anilines is 1. The lowest BCUT2D eigenvalue weighted by Crippen LogP contribution is -2.38. The van der Waals surface area contributed by atoms with Crippen LogP contribution < -0.4 is 15.4 Å². The zero-order valence-electron chi connectivity index (χ0n) is 14.9. The SMILES string of the molecule is CNC(COc1ccc(F)cc1CNc1ccn2ncc(C=O)c2n1)C(F)F. The number of aldehydes is 1.